The predicted molar refractivity (Wildman–Crippen MR) is 77.2 cm³/mol. The predicted octanol–water partition coefficient (Wildman–Crippen LogP) is 2.79. The molecule has 3 N–H and O–H groups in total. The van der Waals surface area contributed by atoms with Gasteiger partial charge < -0.3 is 11.1 Å². The number of anilines is 2. The molecule has 0 fully saturated rings. The number of nitrogens with zero attached hydrogens (tertiary/aromatic N) is 1. The smallest absolute Gasteiger partial charge is 0.257 e. The molecule has 0 saturated carbocycles. The summed E-state index contributed by atoms with van der Waals surface area (Å²) in [6.07, 6.45) is 2.48. The van der Waals surface area contributed by atoms with E-state index in [1.54, 1.807) is 19.2 Å². The quantitative estimate of drug-likeness (QED) is 0.886. The largest absolute Gasteiger partial charge is 0.397 e. The van der Waals surface area contributed by atoms with E-state index in [4.69, 9.17) is 5.73 Å². The number of carbonyl (C=O) groups excluding carboxylic acids is 1. The molecule has 1 amide bonds. The van der Waals surface area contributed by atoms with Gasteiger partial charge in [0.05, 0.1) is 23.1 Å². The summed E-state index contributed by atoms with van der Waals surface area (Å²) in [7, 11) is 0. The van der Waals surface area contributed by atoms with Gasteiger partial charge in [-0.25, -0.2) is 0 Å². The van der Waals surface area contributed by atoms with Crippen LogP contribution in [0.3, 0.4) is 0 Å². The third-order valence-corrected chi connectivity index (χ3v) is 2.95. The first-order valence-corrected chi connectivity index (χ1v) is 6.22. The Morgan fingerprint density at radius 2 is 2.16 bits per heavy atom. The van der Waals surface area contributed by atoms with Gasteiger partial charge in [0.2, 0.25) is 0 Å². The lowest BCUT2D eigenvalue weighted by atomic mass is 10.1. The van der Waals surface area contributed by atoms with Crippen LogP contribution in [0.25, 0.3) is 0 Å². The van der Waals surface area contributed by atoms with Crippen molar-refractivity contribution in [2.75, 3.05) is 11.1 Å². The van der Waals surface area contributed by atoms with Gasteiger partial charge in [-0.1, -0.05) is 19.1 Å². The average Bonchev–Trinajstić information content (AvgIpc) is 2.41. The maximum atomic E-state index is 12.2. The minimum Gasteiger partial charge on any atom is -0.397 e. The fourth-order valence-electron chi connectivity index (χ4n) is 1.85. The van der Waals surface area contributed by atoms with Crippen molar-refractivity contribution < 1.29 is 4.79 Å². The molecule has 1 heterocycles. The standard InChI is InChI=1S/C15H17N3O/c1-3-11-5-4-6-13(7-11)18-15(19)14-8-12(16)9-17-10(14)2/h4-9H,3,16H2,1-2H3,(H,18,19). The maximum absolute atomic E-state index is 12.2. The molecule has 0 saturated heterocycles. The van der Waals surface area contributed by atoms with E-state index < -0.39 is 0 Å². The number of pyridine rings is 1. The number of aryl methyl sites for hydroxylation is 2. The molecule has 19 heavy (non-hydrogen) atoms. The van der Waals surface area contributed by atoms with Crippen molar-refractivity contribution in [3.8, 4) is 0 Å². The minimum atomic E-state index is -0.189. The van der Waals surface area contributed by atoms with E-state index in [-0.39, 0.29) is 5.91 Å². The van der Waals surface area contributed by atoms with Crippen molar-refractivity contribution in [1.29, 1.82) is 0 Å². The Labute approximate surface area is 112 Å². The molecule has 0 spiro atoms. The number of benzene rings is 1. The number of amides is 1. The van der Waals surface area contributed by atoms with Gasteiger partial charge in [-0.2, -0.15) is 0 Å². The normalized spacial score (nSPS) is 10.2. The van der Waals surface area contributed by atoms with Crippen LogP contribution in [0.2, 0.25) is 0 Å². The lowest BCUT2D eigenvalue weighted by Gasteiger charge is -2.09. The van der Waals surface area contributed by atoms with Gasteiger partial charge in [0.1, 0.15) is 0 Å². The molecule has 1 aromatic heterocycles. The summed E-state index contributed by atoms with van der Waals surface area (Å²) in [4.78, 5) is 16.3. The van der Waals surface area contributed by atoms with Crippen molar-refractivity contribution in [2.45, 2.75) is 20.3 Å². The van der Waals surface area contributed by atoms with E-state index in [9.17, 15) is 4.79 Å². The number of hydrogen-bond donors (Lipinski definition) is 2. The molecule has 0 atom stereocenters. The number of rotatable bonds is 3. The second-order valence-corrected chi connectivity index (χ2v) is 4.41. The van der Waals surface area contributed by atoms with E-state index in [0.717, 1.165) is 12.1 Å². The number of carbonyl (C=O) groups is 1. The first kappa shape index (κ1) is 13.1. The van der Waals surface area contributed by atoms with Gasteiger partial charge in [-0.3, -0.25) is 9.78 Å². The molecule has 98 valence electrons. The summed E-state index contributed by atoms with van der Waals surface area (Å²) in [6.45, 7) is 3.86. The molecule has 0 aliphatic carbocycles. The van der Waals surface area contributed by atoms with Crippen molar-refractivity contribution in [3.63, 3.8) is 0 Å². The lowest BCUT2D eigenvalue weighted by molar-refractivity contribution is 0.102. The Bertz CT molecular complexity index is 608. The molecular weight excluding hydrogens is 238 g/mol. The second-order valence-electron chi connectivity index (χ2n) is 4.41. The summed E-state index contributed by atoms with van der Waals surface area (Å²) in [5.41, 5.74) is 9.28. The first-order chi connectivity index (χ1) is 9.10. The summed E-state index contributed by atoms with van der Waals surface area (Å²) in [5, 5.41) is 2.87. The molecule has 4 nitrogen and oxygen atoms in total. The number of aromatic nitrogens is 1. The number of nitrogen functional groups attached to an aromatic ring is 1. The molecule has 2 rings (SSSR count). The monoisotopic (exact) mass is 255 g/mol. The van der Waals surface area contributed by atoms with Crippen LogP contribution < -0.4 is 11.1 Å². The van der Waals surface area contributed by atoms with Crippen LogP contribution in [0.5, 0.6) is 0 Å². The van der Waals surface area contributed by atoms with Gasteiger partial charge in [-0.05, 0) is 37.1 Å². The Kier molecular flexibility index (Phi) is 3.80. The number of nitrogens with one attached hydrogen (secondary N) is 1. The molecule has 0 aliphatic heterocycles. The second kappa shape index (κ2) is 5.52. The molecular formula is C15H17N3O. The van der Waals surface area contributed by atoms with Crippen LogP contribution >= 0.6 is 0 Å². The zero-order valence-corrected chi connectivity index (χ0v) is 11.1. The van der Waals surface area contributed by atoms with Crippen LogP contribution in [-0.4, -0.2) is 10.9 Å². The zero-order valence-electron chi connectivity index (χ0n) is 11.1. The highest BCUT2D eigenvalue weighted by Crippen LogP contribution is 2.15. The van der Waals surface area contributed by atoms with Crippen molar-refractivity contribution in [2.24, 2.45) is 0 Å². The van der Waals surface area contributed by atoms with Gasteiger partial charge in [-0.15, -0.1) is 0 Å². The Hall–Kier alpha value is -2.36. The molecule has 1 aromatic carbocycles. The highest BCUT2D eigenvalue weighted by Gasteiger charge is 2.10. The first-order valence-electron chi connectivity index (χ1n) is 6.22. The molecule has 0 bridgehead atoms. The lowest BCUT2D eigenvalue weighted by Crippen LogP contribution is -2.14. The highest BCUT2D eigenvalue weighted by atomic mass is 16.1. The highest BCUT2D eigenvalue weighted by molar-refractivity contribution is 6.05. The summed E-state index contributed by atoms with van der Waals surface area (Å²) in [6, 6.07) is 9.43. The average molecular weight is 255 g/mol. The van der Waals surface area contributed by atoms with Gasteiger partial charge in [0.25, 0.3) is 5.91 Å². The SMILES string of the molecule is CCc1cccc(NC(=O)c2cc(N)cnc2C)c1. The van der Waals surface area contributed by atoms with E-state index >= 15 is 0 Å². The topological polar surface area (TPSA) is 68.0 Å². The van der Waals surface area contributed by atoms with Gasteiger partial charge in [0.15, 0.2) is 0 Å². The molecule has 0 unspecified atom stereocenters. The van der Waals surface area contributed by atoms with Gasteiger partial charge in [0, 0.05) is 5.69 Å². The zero-order chi connectivity index (χ0) is 13.8. The van der Waals surface area contributed by atoms with E-state index in [1.165, 1.54) is 5.56 Å². The van der Waals surface area contributed by atoms with E-state index in [1.807, 2.05) is 24.3 Å². The maximum Gasteiger partial charge on any atom is 0.257 e. The van der Waals surface area contributed by atoms with Crippen LogP contribution in [0.4, 0.5) is 11.4 Å². The summed E-state index contributed by atoms with van der Waals surface area (Å²) in [5.74, 6) is -0.189. The van der Waals surface area contributed by atoms with Crippen LogP contribution in [0, 0.1) is 6.92 Å². The molecule has 4 heteroatoms. The summed E-state index contributed by atoms with van der Waals surface area (Å²) < 4.78 is 0. The fraction of sp³-hybridized carbons (Fsp3) is 0.200. The van der Waals surface area contributed by atoms with Crippen LogP contribution in [-0.2, 0) is 6.42 Å². The van der Waals surface area contributed by atoms with Crippen molar-refractivity contribution in [1.82, 2.24) is 4.98 Å². The minimum absolute atomic E-state index is 0.189. The molecule has 0 radical (unpaired) electrons. The Balaban J connectivity index is 2.23. The van der Waals surface area contributed by atoms with Crippen LogP contribution in [0.1, 0.15) is 28.5 Å². The molecule has 2 aromatic rings. The molecule has 0 aliphatic rings. The van der Waals surface area contributed by atoms with Gasteiger partial charge >= 0.3 is 0 Å². The third kappa shape index (κ3) is 3.10. The number of hydrogen-bond acceptors (Lipinski definition) is 3. The fourth-order valence-corrected chi connectivity index (χ4v) is 1.85. The summed E-state index contributed by atoms with van der Waals surface area (Å²) >= 11 is 0. The Morgan fingerprint density at radius 3 is 2.89 bits per heavy atom. The number of nitrogens with two attached hydrogens (primary N) is 1. The van der Waals surface area contributed by atoms with Crippen LogP contribution in [0.15, 0.2) is 36.5 Å². The van der Waals surface area contributed by atoms with Crippen molar-refractivity contribution in [3.05, 3.63) is 53.3 Å². The Morgan fingerprint density at radius 1 is 1.37 bits per heavy atom. The van der Waals surface area contributed by atoms with Crippen molar-refractivity contribution >= 4 is 17.3 Å². The third-order valence-electron chi connectivity index (χ3n) is 2.95. The van der Waals surface area contributed by atoms with E-state index in [0.29, 0.717) is 16.9 Å². The van der Waals surface area contributed by atoms with E-state index in [2.05, 4.69) is 17.2 Å².